The van der Waals surface area contributed by atoms with Gasteiger partial charge < -0.3 is 15.2 Å². The van der Waals surface area contributed by atoms with Crippen molar-refractivity contribution >= 4 is 11.7 Å². The molecule has 2 rings (SSSR count). The Labute approximate surface area is 109 Å². The molecular formula is C13H15F2NO3. The summed E-state index contributed by atoms with van der Waals surface area (Å²) in [6.07, 6.45) is 2.78. The number of halogens is 2. The molecule has 1 fully saturated rings. The maximum atomic E-state index is 13.6. The largest absolute Gasteiger partial charge is 0.478 e. The van der Waals surface area contributed by atoms with Crippen LogP contribution in [0.1, 0.15) is 29.6 Å². The van der Waals surface area contributed by atoms with Crippen molar-refractivity contribution < 1.29 is 23.4 Å². The standard InChI is InChI=1S/C13H15F2NO3/c14-10-6-8(13(17)18)7-11(15)12(10)16-4-3-9-2-1-5-19-9/h6-7,9,16H,1-5H2,(H,17,18). The number of ether oxygens (including phenoxy) is 1. The Kier molecular flexibility index (Phi) is 4.31. The molecule has 1 aliphatic heterocycles. The fraction of sp³-hybridized carbons (Fsp3) is 0.462. The van der Waals surface area contributed by atoms with Gasteiger partial charge in [-0.25, -0.2) is 13.6 Å². The number of carboxylic acids is 1. The van der Waals surface area contributed by atoms with Gasteiger partial charge in [0.15, 0.2) is 0 Å². The number of carboxylic acid groups (broad SMARTS) is 1. The Bertz CT molecular complexity index is 450. The summed E-state index contributed by atoms with van der Waals surface area (Å²) in [5.41, 5.74) is -0.692. The van der Waals surface area contributed by atoms with Crippen LogP contribution in [0.4, 0.5) is 14.5 Å². The molecule has 4 nitrogen and oxygen atoms in total. The summed E-state index contributed by atoms with van der Waals surface area (Å²) in [6.45, 7) is 1.12. The maximum Gasteiger partial charge on any atom is 0.335 e. The van der Waals surface area contributed by atoms with Gasteiger partial charge in [-0.05, 0) is 31.4 Å². The predicted molar refractivity (Wildman–Crippen MR) is 65.4 cm³/mol. The maximum absolute atomic E-state index is 13.6. The van der Waals surface area contributed by atoms with Gasteiger partial charge in [-0.1, -0.05) is 0 Å². The number of carbonyl (C=O) groups is 1. The van der Waals surface area contributed by atoms with Crippen molar-refractivity contribution in [3.63, 3.8) is 0 Å². The van der Waals surface area contributed by atoms with Gasteiger partial charge in [-0.2, -0.15) is 0 Å². The highest BCUT2D eigenvalue weighted by Gasteiger charge is 2.17. The van der Waals surface area contributed by atoms with E-state index in [2.05, 4.69) is 5.32 Å². The number of nitrogens with one attached hydrogen (secondary N) is 1. The van der Waals surface area contributed by atoms with Gasteiger partial charge in [0.2, 0.25) is 0 Å². The fourth-order valence-corrected chi connectivity index (χ4v) is 2.10. The molecule has 0 spiro atoms. The minimum absolute atomic E-state index is 0.136. The van der Waals surface area contributed by atoms with Crippen molar-refractivity contribution in [3.8, 4) is 0 Å². The number of hydrogen-bond acceptors (Lipinski definition) is 3. The van der Waals surface area contributed by atoms with Gasteiger partial charge in [0.1, 0.15) is 17.3 Å². The van der Waals surface area contributed by atoms with Gasteiger partial charge in [0.05, 0.1) is 11.7 Å². The van der Waals surface area contributed by atoms with E-state index >= 15 is 0 Å². The zero-order chi connectivity index (χ0) is 13.8. The second-order valence-electron chi connectivity index (χ2n) is 4.47. The average Bonchev–Trinajstić information content (AvgIpc) is 2.85. The summed E-state index contributed by atoms with van der Waals surface area (Å²) in [6, 6.07) is 1.61. The summed E-state index contributed by atoms with van der Waals surface area (Å²) in [5, 5.41) is 11.3. The lowest BCUT2D eigenvalue weighted by Gasteiger charge is -2.12. The second-order valence-corrected chi connectivity index (χ2v) is 4.47. The topological polar surface area (TPSA) is 58.6 Å². The van der Waals surface area contributed by atoms with Crippen LogP contribution >= 0.6 is 0 Å². The predicted octanol–water partition coefficient (Wildman–Crippen LogP) is 2.64. The molecule has 1 aliphatic rings. The lowest BCUT2D eigenvalue weighted by molar-refractivity contribution is 0.0696. The number of aromatic carboxylic acids is 1. The lowest BCUT2D eigenvalue weighted by atomic mass is 10.1. The molecule has 2 N–H and O–H groups in total. The molecule has 1 aromatic rings. The third-order valence-corrected chi connectivity index (χ3v) is 3.08. The van der Waals surface area contributed by atoms with Crippen LogP contribution in [0, 0.1) is 11.6 Å². The van der Waals surface area contributed by atoms with Crippen LogP contribution in [-0.4, -0.2) is 30.3 Å². The minimum atomic E-state index is -1.36. The Morgan fingerprint density at radius 2 is 2.11 bits per heavy atom. The van der Waals surface area contributed by atoms with Crippen LogP contribution in [0.5, 0.6) is 0 Å². The molecule has 0 radical (unpaired) electrons. The van der Waals surface area contributed by atoms with Crippen molar-refractivity contribution in [2.75, 3.05) is 18.5 Å². The van der Waals surface area contributed by atoms with E-state index in [4.69, 9.17) is 9.84 Å². The first kappa shape index (κ1) is 13.7. The van der Waals surface area contributed by atoms with Gasteiger partial charge in [-0.3, -0.25) is 0 Å². The highest BCUT2D eigenvalue weighted by molar-refractivity contribution is 5.88. The van der Waals surface area contributed by atoms with E-state index in [9.17, 15) is 13.6 Å². The molecule has 0 saturated carbocycles. The summed E-state index contributed by atoms with van der Waals surface area (Å²) in [5.74, 6) is -3.15. The molecule has 1 heterocycles. The van der Waals surface area contributed by atoms with Gasteiger partial charge >= 0.3 is 5.97 Å². The molecule has 6 heteroatoms. The molecule has 1 saturated heterocycles. The first-order valence-electron chi connectivity index (χ1n) is 6.15. The molecule has 1 atom stereocenters. The Morgan fingerprint density at radius 3 is 2.63 bits per heavy atom. The van der Waals surface area contributed by atoms with Crippen LogP contribution in [0.3, 0.4) is 0 Å². The second kappa shape index (κ2) is 5.97. The van der Waals surface area contributed by atoms with E-state index in [1.807, 2.05) is 0 Å². The number of anilines is 1. The first-order valence-corrected chi connectivity index (χ1v) is 6.15. The summed E-state index contributed by atoms with van der Waals surface area (Å²) in [7, 11) is 0. The van der Waals surface area contributed by atoms with E-state index in [0.717, 1.165) is 31.6 Å². The van der Waals surface area contributed by atoms with E-state index in [-0.39, 0.29) is 11.8 Å². The van der Waals surface area contributed by atoms with E-state index < -0.39 is 23.2 Å². The van der Waals surface area contributed by atoms with Crippen LogP contribution in [0.2, 0.25) is 0 Å². The number of benzene rings is 1. The monoisotopic (exact) mass is 271 g/mol. The summed E-state index contributed by atoms with van der Waals surface area (Å²) in [4.78, 5) is 10.6. The van der Waals surface area contributed by atoms with Crippen molar-refractivity contribution in [3.05, 3.63) is 29.3 Å². The summed E-state index contributed by atoms with van der Waals surface area (Å²) < 4.78 is 32.5. The molecule has 104 valence electrons. The Hall–Kier alpha value is -1.69. The fourth-order valence-electron chi connectivity index (χ4n) is 2.10. The quantitative estimate of drug-likeness (QED) is 0.864. The normalized spacial score (nSPS) is 18.5. The Balaban J connectivity index is 1.97. The molecule has 0 aromatic heterocycles. The van der Waals surface area contributed by atoms with Gasteiger partial charge in [0, 0.05) is 13.2 Å². The molecule has 19 heavy (non-hydrogen) atoms. The highest BCUT2D eigenvalue weighted by atomic mass is 19.1. The lowest BCUT2D eigenvalue weighted by Crippen LogP contribution is -2.14. The first-order chi connectivity index (χ1) is 9.08. The number of hydrogen-bond donors (Lipinski definition) is 2. The molecule has 0 aliphatic carbocycles. The SMILES string of the molecule is O=C(O)c1cc(F)c(NCCC2CCCO2)c(F)c1. The zero-order valence-electron chi connectivity index (χ0n) is 10.3. The third-order valence-electron chi connectivity index (χ3n) is 3.08. The minimum Gasteiger partial charge on any atom is -0.478 e. The van der Waals surface area contributed by atoms with Gasteiger partial charge in [0.25, 0.3) is 0 Å². The molecule has 1 aromatic carbocycles. The van der Waals surface area contributed by atoms with Crippen LogP contribution in [0.25, 0.3) is 0 Å². The van der Waals surface area contributed by atoms with Crippen LogP contribution in [-0.2, 0) is 4.74 Å². The Morgan fingerprint density at radius 1 is 1.42 bits per heavy atom. The summed E-state index contributed by atoms with van der Waals surface area (Å²) >= 11 is 0. The van der Waals surface area contributed by atoms with Crippen molar-refractivity contribution in [1.82, 2.24) is 0 Å². The van der Waals surface area contributed by atoms with E-state index in [1.165, 1.54) is 0 Å². The van der Waals surface area contributed by atoms with Crippen LogP contribution in [0.15, 0.2) is 12.1 Å². The van der Waals surface area contributed by atoms with Crippen LogP contribution < -0.4 is 5.32 Å². The van der Waals surface area contributed by atoms with Crippen molar-refractivity contribution in [2.45, 2.75) is 25.4 Å². The van der Waals surface area contributed by atoms with E-state index in [1.54, 1.807) is 0 Å². The zero-order valence-corrected chi connectivity index (χ0v) is 10.3. The average molecular weight is 271 g/mol. The molecule has 1 unspecified atom stereocenters. The third kappa shape index (κ3) is 3.41. The number of rotatable bonds is 5. The van der Waals surface area contributed by atoms with Gasteiger partial charge in [-0.15, -0.1) is 0 Å². The smallest absolute Gasteiger partial charge is 0.335 e. The van der Waals surface area contributed by atoms with Crippen molar-refractivity contribution in [2.24, 2.45) is 0 Å². The van der Waals surface area contributed by atoms with Crippen molar-refractivity contribution in [1.29, 1.82) is 0 Å². The van der Waals surface area contributed by atoms with E-state index in [0.29, 0.717) is 13.0 Å². The molecule has 0 bridgehead atoms. The highest BCUT2D eigenvalue weighted by Crippen LogP contribution is 2.22. The molecule has 0 amide bonds. The molecular weight excluding hydrogens is 256 g/mol.